The van der Waals surface area contributed by atoms with Gasteiger partial charge in [-0.15, -0.1) is 0 Å². The highest BCUT2D eigenvalue weighted by Gasteiger charge is 2.31. The Balaban J connectivity index is 1.67. The van der Waals surface area contributed by atoms with E-state index < -0.39 is 27.0 Å². The summed E-state index contributed by atoms with van der Waals surface area (Å²) in [5.41, 5.74) is 2.50. The number of hydrogen-bond donors (Lipinski definition) is 1. The lowest BCUT2D eigenvalue weighted by Crippen LogP contribution is -2.40. The molecule has 3 aromatic rings. The maximum Gasteiger partial charge on any atom is 0.275 e. The number of carbonyl (C=O) groups is 1. The Kier molecular flexibility index (Phi) is 7.16. The van der Waals surface area contributed by atoms with Crippen LogP contribution in [0.3, 0.4) is 0 Å². The summed E-state index contributed by atoms with van der Waals surface area (Å²) in [6.07, 6.45) is 0. The first-order valence-electron chi connectivity index (χ1n) is 11.1. The van der Waals surface area contributed by atoms with Crippen molar-refractivity contribution in [2.75, 3.05) is 13.1 Å². The SMILES string of the molecule is CC(C)S(=O)(=O)NCCN(Cc1ccccc1F)C(=O)c1nn(C)c2c1COc1ccc(Cl)cc1-2. The van der Waals surface area contributed by atoms with E-state index in [-0.39, 0.29) is 31.9 Å². The lowest BCUT2D eigenvalue weighted by Gasteiger charge is -2.24. The third-order valence-electron chi connectivity index (χ3n) is 5.83. The third kappa shape index (κ3) is 5.19. The lowest BCUT2D eigenvalue weighted by molar-refractivity contribution is 0.0735. The summed E-state index contributed by atoms with van der Waals surface area (Å²) in [5.74, 6) is -0.277. The molecule has 0 atom stereocenters. The number of nitrogens with zero attached hydrogens (tertiary/aromatic N) is 3. The number of halogens is 2. The van der Waals surface area contributed by atoms with Crippen LogP contribution < -0.4 is 9.46 Å². The molecule has 0 fully saturated rings. The molecule has 0 aliphatic carbocycles. The van der Waals surface area contributed by atoms with Gasteiger partial charge in [0.15, 0.2) is 5.69 Å². The van der Waals surface area contributed by atoms with E-state index in [2.05, 4.69) is 9.82 Å². The van der Waals surface area contributed by atoms with Gasteiger partial charge >= 0.3 is 0 Å². The number of carbonyl (C=O) groups excluding carboxylic acids is 1. The number of nitrogens with one attached hydrogen (secondary N) is 1. The Morgan fingerprint density at radius 3 is 2.74 bits per heavy atom. The highest BCUT2D eigenvalue weighted by Crippen LogP contribution is 2.40. The second-order valence-corrected chi connectivity index (χ2v) is 11.3. The standard InChI is InChI=1S/C24H26ClFN4O4S/c1-15(2)35(32,33)27-10-11-30(13-16-6-4-5-7-20(16)26)24(31)22-19-14-34-21-9-8-17(25)12-18(21)23(19)29(3)28-22/h4-9,12,15,27H,10-11,13-14H2,1-3H3. The van der Waals surface area contributed by atoms with Gasteiger partial charge in [0, 0.05) is 48.4 Å². The summed E-state index contributed by atoms with van der Waals surface area (Å²) in [6.45, 7) is 3.21. The number of aromatic nitrogens is 2. The fraction of sp³-hybridized carbons (Fsp3) is 0.333. The molecular weight excluding hydrogens is 495 g/mol. The molecule has 1 N–H and O–H groups in total. The highest BCUT2D eigenvalue weighted by atomic mass is 35.5. The van der Waals surface area contributed by atoms with Crippen molar-refractivity contribution < 1.29 is 22.3 Å². The van der Waals surface area contributed by atoms with E-state index in [4.69, 9.17) is 16.3 Å². The number of aryl methyl sites for hydroxylation is 1. The van der Waals surface area contributed by atoms with Gasteiger partial charge < -0.3 is 9.64 Å². The summed E-state index contributed by atoms with van der Waals surface area (Å²) < 4.78 is 48.7. The van der Waals surface area contributed by atoms with Gasteiger partial charge in [-0.1, -0.05) is 29.8 Å². The molecule has 1 aliphatic rings. The van der Waals surface area contributed by atoms with Crippen LogP contribution in [0.15, 0.2) is 42.5 Å². The molecule has 0 saturated carbocycles. The van der Waals surface area contributed by atoms with Crippen molar-refractivity contribution in [1.29, 1.82) is 0 Å². The Hall–Kier alpha value is -2.95. The first-order chi connectivity index (χ1) is 16.6. The monoisotopic (exact) mass is 520 g/mol. The quantitative estimate of drug-likeness (QED) is 0.488. The minimum Gasteiger partial charge on any atom is -0.488 e. The zero-order valence-electron chi connectivity index (χ0n) is 19.6. The van der Waals surface area contributed by atoms with E-state index in [1.54, 1.807) is 62.0 Å². The van der Waals surface area contributed by atoms with Crippen LogP contribution in [0.1, 0.15) is 35.5 Å². The molecule has 11 heteroatoms. The smallest absolute Gasteiger partial charge is 0.275 e. The van der Waals surface area contributed by atoms with Crippen LogP contribution in [0.5, 0.6) is 5.75 Å². The first-order valence-corrected chi connectivity index (χ1v) is 13.0. The van der Waals surface area contributed by atoms with Gasteiger partial charge in [0.2, 0.25) is 10.0 Å². The summed E-state index contributed by atoms with van der Waals surface area (Å²) in [7, 11) is -1.80. The molecule has 2 heterocycles. The predicted molar refractivity (Wildman–Crippen MR) is 131 cm³/mol. The van der Waals surface area contributed by atoms with E-state index >= 15 is 0 Å². The Morgan fingerprint density at radius 2 is 2.03 bits per heavy atom. The molecule has 0 radical (unpaired) electrons. The number of amides is 1. The molecule has 8 nitrogen and oxygen atoms in total. The van der Waals surface area contributed by atoms with Gasteiger partial charge in [0.25, 0.3) is 5.91 Å². The van der Waals surface area contributed by atoms with E-state index in [0.29, 0.717) is 27.6 Å². The molecule has 1 aliphatic heterocycles. The molecular formula is C24H26ClFN4O4S. The van der Waals surface area contributed by atoms with E-state index in [0.717, 1.165) is 5.56 Å². The van der Waals surface area contributed by atoms with Crippen LogP contribution in [-0.2, 0) is 30.2 Å². The normalized spacial score (nSPS) is 12.7. The number of sulfonamides is 1. The van der Waals surface area contributed by atoms with Gasteiger partial charge in [-0.2, -0.15) is 5.10 Å². The Labute approximate surface area is 208 Å². The average molecular weight is 521 g/mol. The Bertz CT molecular complexity index is 1370. The lowest BCUT2D eigenvalue weighted by atomic mass is 10.0. The summed E-state index contributed by atoms with van der Waals surface area (Å²) >= 11 is 6.18. The number of benzene rings is 2. The molecule has 1 aromatic heterocycles. The van der Waals surface area contributed by atoms with Crippen LogP contribution in [-0.4, -0.2) is 47.3 Å². The number of ether oxygens (including phenoxy) is 1. The molecule has 0 unspecified atom stereocenters. The maximum atomic E-state index is 14.4. The van der Waals surface area contributed by atoms with Gasteiger partial charge in [-0.25, -0.2) is 17.5 Å². The third-order valence-corrected chi connectivity index (χ3v) is 7.91. The van der Waals surface area contributed by atoms with Crippen LogP contribution in [0.2, 0.25) is 5.02 Å². The van der Waals surface area contributed by atoms with Crippen LogP contribution >= 0.6 is 11.6 Å². The van der Waals surface area contributed by atoms with Gasteiger partial charge in [-0.3, -0.25) is 9.48 Å². The van der Waals surface area contributed by atoms with Crippen LogP contribution in [0, 0.1) is 5.82 Å². The van der Waals surface area contributed by atoms with Crippen molar-refractivity contribution >= 4 is 27.5 Å². The molecule has 4 rings (SSSR count). The topological polar surface area (TPSA) is 93.5 Å². The molecule has 0 spiro atoms. The average Bonchev–Trinajstić information content (AvgIpc) is 3.16. The van der Waals surface area contributed by atoms with E-state index in [1.807, 2.05) is 0 Å². The largest absolute Gasteiger partial charge is 0.488 e. The zero-order chi connectivity index (χ0) is 25.3. The molecule has 0 saturated heterocycles. The first kappa shape index (κ1) is 25.2. The predicted octanol–water partition coefficient (Wildman–Crippen LogP) is 3.74. The molecule has 0 bridgehead atoms. The fourth-order valence-electron chi connectivity index (χ4n) is 3.90. The van der Waals surface area contributed by atoms with E-state index in [9.17, 15) is 17.6 Å². The fourth-order valence-corrected chi connectivity index (χ4v) is 4.78. The van der Waals surface area contributed by atoms with E-state index in [1.165, 1.54) is 11.0 Å². The number of fused-ring (bicyclic) bond motifs is 3. The number of hydrogen-bond acceptors (Lipinski definition) is 5. The Morgan fingerprint density at radius 1 is 1.29 bits per heavy atom. The van der Waals surface area contributed by atoms with Crippen molar-refractivity contribution in [1.82, 2.24) is 19.4 Å². The van der Waals surface area contributed by atoms with Crippen LogP contribution in [0.4, 0.5) is 4.39 Å². The van der Waals surface area contributed by atoms with Crippen molar-refractivity contribution in [2.45, 2.75) is 32.2 Å². The molecule has 2 aromatic carbocycles. The van der Waals surface area contributed by atoms with Gasteiger partial charge in [0.1, 0.15) is 18.2 Å². The zero-order valence-corrected chi connectivity index (χ0v) is 21.2. The van der Waals surface area contributed by atoms with Crippen molar-refractivity contribution in [3.63, 3.8) is 0 Å². The van der Waals surface area contributed by atoms with Crippen molar-refractivity contribution in [3.05, 3.63) is 70.1 Å². The van der Waals surface area contributed by atoms with Crippen molar-refractivity contribution in [3.8, 4) is 17.0 Å². The second kappa shape index (κ2) is 9.96. The number of rotatable bonds is 8. The van der Waals surface area contributed by atoms with Crippen molar-refractivity contribution in [2.24, 2.45) is 7.05 Å². The van der Waals surface area contributed by atoms with Gasteiger partial charge in [-0.05, 0) is 38.1 Å². The second-order valence-electron chi connectivity index (χ2n) is 8.53. The van der Waals surface area contributed by atoms with Crippen LogP contribution in [0.25, 0.3) is 11.3 Å². The molecule has 1 amide bonds. The summed E-state index contributed by atoms with van der Waals surface area (Å²) in [6, 6.07) is 11.4. The maximum absolute atomic E-state index is 14.4. The minimum atomic E-state index is -3.53. The minimum absolute atomic E-state index is 0.0216. The summed E-state index contributed by atoms with van der Waals surface area (Å²) in [4.78, 5) is 15.1. The molecule has 35 heavy (non-hydrogen) atoms. The molecule has 186 valence electrons. The van der Waals surface area contributed by atoms with Gasteiger partial charge in [0.05, 0.1) is 10.9 Å². The highest BCUT2D eigenvalue weighted by molar-refractivity contribution is 7.90. The summed E-state index contributed by atoms with van der Waals surface area (Å²) in [5, 5.41) is 4.36.